The number of aromatic nitrogens is 1. The molecule has 0 saturated carbocycles. The number of hydrogen-bond acceptors (Lipinski definition) is 5. The first kappa shape index (κ1) is 25.4. The summed E-state index contributed by atoms with van der Waals surface area (Å²) in [6, 6.07) is 4.47. The molecule has 0 aliphatic carbocycles. The van der Waals surface area contributed by atoms with Crippen LogP contribution in [0.15, 0.2) is 23.3 Å². The number of rotatable bonds is 11. The molecule has 1 aromatic rings. The molecule has 1 saturated heterocycles. The highest BCUT2D eigenvalue weighted by molar-refractivity contribution is 5.79. The van der Waals surface area contributed by atoms with Gasteiger partial charge in [0.25, 0.3) is 0 Å². The van der Waals surface area contributed by atoms with Crippen LogP contribution in [0, 0.1) is 5.92 Å². The van der Waals surface area contributed by atoms with Crippen molar-refractivity contribution in [1.29, 1.82) is 0 Å². The summed E-state index contributed by atoms with van der Waals surface area (Å²) in [5, 5.41) is 7.00. The van der Waals surface area contributed by atoms with Crippen LogP contribution in [0.25, 0.3) is 0 Å². The fourth-order valence-electron chi connectivity index (χ4n) is 3.84. The van der Waals surface area contributed by atoms with E-state index in [1.54, 1.807) is 0 Å². The molecule has 2 heterocycles. The topological polar surface area (TPSA) is 71.0 Å². The number of ether oxygens (including phenoxy) is 2. The SMILES string of the molecule is CN=C(NCc1ccnc(OC(C)CC(C)C)c1)NC1CCN(CCOC(C)C)CC1. The molecule has 0 spiro atoms. The van der Waals surface area contributed by atoms with E-state index < -0.39 is 0 Å². The van der Waals surface area contributed by atoms with Gasteiger partial charge in [0.1, 0.15) is 0 Å². The van der Waals surface area contributed by atoms with Crippen molar-refractivity contribution in [3.05, 3.63) is 23.9 Å². The highest BCUT2D eigenvalue weighted by atomic mass is 16.5. The molecule has 7 heteroatoms. The first-order valence-corrected chi connectivity index (χ1v) is 11.8. The maximum atomic E-state index is 5.97. The maximum absolute atomic E-state index is 5.97. The molecule has 2 N–H and O–H groups in total. The van der Waals surface area contributed by atoms with Gasteiger partial charge in [0, 0.05) is 51.5 Å². The monoisotopic (exact) mass is 433 g/mol. The predicted octanol–water partition coefficient (Wildman–Crippen LogP) is 3.45. The van der Waals surface area contributed by atoms with E-state index >= 15 is 0 Å². The van der Waals surface area contributed by atoms with Gasteiger partial charge >= 0.3 is 0 Å². The Kier molecular flexibility index (Phi) is 11.1. The van der Waals surface area contributed by atoms with Crippen LogP contribution in [0.2, 0.25) is 0 Å². The quantitative estimate of drug-likeness (QED) is 0.411. The summed E-state index contributed by atoms with van der Waals surface area (Å²) in [5.74, 6) is 2.13. The third-order valence-electron chi connectivity index (χ3n) is 5.40. The average Bonchev–Trinajstić information content (AvgIpc) is 2.71. The molecule has 31 heavy (non-hydrogen) atoms. The van der Waals surface area contributed by atoms with Gasteiger partial charge in [-0.25, -0.2) is 4.98 Å². The molecule has 1 aromatic heterocycles. The average molecular weight is 434 g/mol. The number of hydrogen-bond donors (Lipinski definition) is 2. The number of nitrogens with one attached hydrogen (secondary N) is 2. The minimum absolute atomic E-state index is 0.160. The normalized spacial score (nSPS) is 17.2. The standard InChI is InChI=1S/C24H43N5O2/c1-18(2)15-20(5)31-23-16-21(7-10-26-23)17-27-24(25-6)28-22-8-11-29(12-9-22)13-14-30-19(3)4/h7,10,16,18-20,22H,8-9,11-15,17H2,1-6H3,(H2,25,27,28). The Morgan fingerprint density at radius 2 is 1.97 bits per heavy atom. The third kappa shape index (κ3) is 10.3. The van der Waals surface area contributed by atoms with Crippen molar-refractivity contribution in [2.45, 2.75) is 78.7 Å². The fourth-order valence-corrected chi connectivity index (χ4v) is 3.84. The first-order chi connectivity index (χ1) is 14.9. The molecular weight excluding hydrogens is 390 g/mol. The lowest BCUT2D eigenvalue weighted by molar-refractivity contribution is 0.0532. The zero-order valence-electron chi connectivity index (χ0n) is 20.4. The lowest BCUT2D eigenvalue weighted by Gasteiger charge is -2.33. The fraction of sp³-hybridized carbons (Fsp3) is 0.750. The summed E-state index contributed by atoms with van der Waals surface area (Å²) in [7, 11) is 1.82. The van der Waals surface area contributed by atoms with E-state index in [2.05, 4.69) is 60.1 Å². The van der Waals surface area contributed by atoms with Gasteiger partial charge in [-0.1, -0.05) is 13.8 Å². The Labute approximate surface area is 189 Å². The lowest BCUT2D eigenvalue weighted by atomic mass is 10.1. The number of aliphatic imine (C=N–C) groups is 1. The molecule has 1 atom stereocenters. The molecule has 0 aromatic carbocycles. The molecule has 176 valence electrons. The van der Waals surface area contributed by atoms with E-state index in [1.165, 1.54) is 0 Å². The van der Waals surface area contributed by atoms with Crippen LogP contribution in [-0.2, 0) is 11.3 Å². The second kappa shape index (κ2) is 13.5. The Morgan fingerprint density at radius 3 is 2.61 bits per heavy atom. The van der Waals surface area contributed by atoms with Gasteiger partial charge in [-0.15, -0.1) is 0 Å². The lowest BCUT2D eigenvalue weighted by Crippen LogP contribution is -2.49. The molecule has 1 aliphatic heterocycles. The van der Waals surface area contributed by atoms with Crippen molar-refractivity contribution in [3.63, 3.8) is 0 Å². The van der Waals surface area contributed by atoms with Gasteiger partial charge in [0.15, 0.2) is 5.96 Å². The molecule has 0 amide bonds. The van der Waals surface area contributed by atoms with Gasteiger partial charge in [-0.05, 0) is 57.6 Å². The number of piperidine rings is 1. The molecule has 7 nitrogen and oxygen atoms in total. The highest BCUT2D eigenvalue weighted by Crippen LogP contribution is 2.15. The van der Waals surface area contributed by atoms with Crippen LogP contribution < -0.4 is 15.4 Å². The maximum Gasteiger partial charge on any atom is 0.213 e. The van der Waals surface area contributed by atoms with E-state index in [4.69, 9.17) is 9.47 Å². The highest BCUT2D eigenvalue weighted by Gasteiger charge is 2.19. The zero-order valence-corrected chi connectivity index (χ0v) is 20.4. The van der Waals surface area contributed by atoms with Crippen LogP contribution in [0.4, 0.5) is 0 Å². The Bertz CT molecular complexity index is 657. The number of guanidine groups is 1. The van der Waals surface area contributed by atoms with E-state index in [0.29, 0.717) is 30.5 Å². The van der Waals surface area contributed by atoms with Crippen molar-refractivity contribution < 1.29 is 9.47 Å². The molecule has 1 aliphatic rings. The number of likely N-dealkylation sites (tertiary alicyclic amines) is 1. The molecule has 2 rings (SSSR count). The van der Waals surface area contributed by atoms with Crippen molar-refractivity contribution in [1.82, 2.24) is 20.5 Å². The van der Waals surface area contributed by atoms with Gasteiger partial charge in [-0.3, -0.25) is 4.99 Å². The van der Waals surface area contributed by atoms with Crippen molar-refractivity contribution in [2.24, 2.45) is 10.9 Å². The zero-order chi connectivity index (χ0) is 22.6. The summed E-state index contributed by atoms with van der Waals surface area (Å²) >= 11 is 0. The van der Waals surface area contributed by atoms with E-state index in [9.17, 15) is 0 Å². The predicted molar refractivity (Wildman–Crippen MR) is 128 cm³/mol. The minimum Gasteiger partial charge on any atom is -0.475 e. The second-order valence-electron chi connectivity index (χ2n) is 9.17. The van der Waals surface area contributed by atoms with E-state index in [-0.39, 0.29) is 6.10 Å². The van der Waals surface area contributed by atoms with Crippen LogP contribution in [0.1, 0.15) is 59.4 Å². The Balaban J connectivity index is 1.73. The van der Waals surface area contributed by atoms with Gasteiger partial charge in [-0.2, -0.15) is 0 Å². The van der Waals surface area contributed by atoms with Crippen molar-refractivity contribution in [3.8, 4) is 5.88 Å². The van der Waals surface area contributed by atoms with Crippen molar-refractivity contribution in [2.75, 3.05) is 33.3 Å². The largest absolute Gasteiger partial charge is 0.475 e. The summed E-state index contributed by atoms with van der Waals surface area (Å²) < 4.78 is 11.6. The Morgan fingerprint density at radius 1 is 1.23 bits per heavy atom. The van der Waals surface area contributed by atoms with Crippen molar-refractivity contribution >= 4 is 5.96 Å². The molecule has 1 fully saturated rings. The van der Waals surface area contributed by atoms with Gasteiger partial charge < -0.3 is 25.0 Å². The van der Waals surface area contributed by atoms with E-state index in [0.717, 1.165) is 57.0 Å². The van der Waals surface area contributed by atoms with E-state index in [1.807, 2.05) is 25.4 Å². The smallest absolute Gasteiger partial charge is 0.213 e. The van der Waals surface area contributed by atoms with Crippen LogP contribution in [-0.4, -0.2) is 67.4 Å². The second-order valence-corrected chi connectivity index (χ2v) is 9.17. The van der Waals surface area contributed by atoms with Crippen LogP contribution in [0.3, 0.4) is 0 Å². The molecule has 1 unspecified atom stereocenters. The summed E-state index contributed by atoms with van der Waals surface area (Å²) in [6.45, 7) is 15.4. The van der Waals surface area contributed by atoms with Crippen LogP contribution in [0.5, 0.6) is 5.88 Å². The third-order valence-corrected chi connectivity index (χ3v) is 5.40. The van der Waals surface area contributed by atoms with Crippen LogP contribution >= 0.6 is 0 Å². The Hall–Kier alpha value is -1.86. The summed E-state index contributed by atoms with van der Waals surface area (Å²) in [6.07, 6.45) is 5.52. The van der Waals surface area contributed by atoms with Gasteiger partial charge in [0.2, 0.25) is 5.88 Å². The minimum atomic E-state index is 0.160. The van der Waals surface area contributed by atoms with Gasteiger partial charge in [0.05, 0.1) is 18.8 Å². The first-order valence-electron chi connectivity index (χ1n) is 11.8. The molecular formula is C24H43N5O2. The number of pyridine rings is 1. The molecule has 0 bridgehead atoms. The summed E-state index contributed by atoms with van der Waals surface area (Å²) in [5.41, 5.74) is 1.13. The summed E-state index contributed by atoms with van der Waals surface area (Å²) in [4.78, 5) is 11.2. The number of nitrogens with zero attached hydrogens (tertiary/aromatic N) is 3. The molecule has 0 radical (unpaired) electrons.